The topological polar surface area (TPSA) is 88.6 Å². The summed E-state index contributed by atoms with van der Waals surface area (Å²) in [6.07, 6.45) is 2.80. The summed E-state index contributed by atoms with van der Waals surface area (Å²) < 4.78 is 31.9. The van der Waals surface area contributed by atoms with Crippen LogP contribution < -0.4 is 10.1 Å². The normalized spacial score (nSPS) is 18.3. The van der Waals surface area contributed by atoms with Gasteiger partial charge in [0.05, 0.1) is 29.8 Å². The summed E-state index contributed by atoms with van der Waals surface area (Å²) in [5.74, 6) is -0.143. The van der Waals surface area contributed by atoms with Crippen molar-refractivity contribution in [1.29, 1.82) is 0 Å². The first-order valence-electron chi connectivity index (χ1n) is 8.37. The molecule has 1 aliphatic rings. The number of methoxy groups -OCH3 is 1. The van der Waals surface area contributed by atoms with Crippen molar-refractivity contribution in [2.45, 2.75) is 17.7 Å². The maximum Gasteiger partial charge on any atom is 0.243 e. The third-order valence-electron chi connectivity index (χ3n) is 4.35. The summed E-state index contributed by atoms with van der Waals surface area (Å²) in [7, 11) is -2.07. The maximum absolute atomic E-state index is 12.8. The van der Waals surface area contributed by atoms with Gasteiger partial charge in [0.2, 0.25) is 21.8 Å². The van der Waals surface area contributed by atoms with Crippen LogP contribution in [0.2, 0.25) is 0 Å². The lowest BCUT2D eigenvalue weighted by Gasteiger charge is -2.31. The summed E-state index contributed by atoms with van der Waals surface area (Å²) in [5.41, 5.74) is 0.554. The standard InChI is InChI=1S/C18H21N3O4S/c1-25-17-10-9-15(12-19-17)20-18(22)14-6-5-11-21(13-14)26(23,24)16-7-3-2-4-8-16/h2-4,7-10,12,14H,5-6,11,13H2,1H3,(H,20,22). The largest absolute Gasteiger partial charge is 0.481 e. The van der Waals surface area contributed by atoms with Crippen molar-refractivity contribution in [3.63, 3.8) is 0 Å². The molecular formula is C18H21N3O4S. The summed E-state index contributed by atoms with van der Waals surface area (Å²) in [5, 5.41) is 2.80. The number of carbonyl (C=O) groups is 1. The number of amides is 1. The molecule has 0 bridgehead atoms. The molecule has 1 unspecified atom stereocenters. The van der Waals surface area contributed by atoms with Crippen LogP contribution in [0.25, 0.3) is 0 Å². The first-order valence-corrected chi connectivity index (χ1v) is 9.81. The number of ether oxygens (including phenoxy) is 1. The number of piperidine rings is 1. The van der Waals surface area contributed by atoms with Gasteiger partial charge >= 0.3 is 0 Å². The van der Waals surface area contributed by atoms with Gasteiger partial charge in [0.25, 0.3) is 0 Å². The zero-order chi connectivity index (χ0) is 18.6. The van der Waals surface area contributed by atoms with Crippen LogP contribution in [0.1, 0.15) is 12.8 Å². The highest BCUT2D eigenvalue weighted by molar-refractivity contribution is 7.89. The van der Waals surface area contributed by atoms with Crippen molar-refractivity contribution in [2.24, 2.45) is 5.92 Å². The minimum Gasteiger partial charge on any atom is -0.481 e. The van der Waals surface area contributed by atoms with Gasteiger partial charge in [-0.05, 0) is 31.0 Å². The van der Waals surface area contributed by atoms with E-state index in [4.69, 9.17) is 4.74 Å². The van der Waals surface area contributed by atoms with E-state index < -0.39 is 15.9 Å². The first-order chi connectivity index (χ1) is 12.5. The van der Waals surface area contributed by atoms with E-state index in [1.54, 1.807) is 42.5 Å². The molecule has 0 saturated carbocycles. The van der Waals surface area contributed by atoms with Gasteiger partial charge in [0.1, 0.15) is 0 Å². The van der Waals surface area contributed by atoms with Crippen molar-refractivity contribution in [3.05, 3.63) is 48.7 Å². The van der Waals surface area contributed by atoms with Gasteiger partial charge in [-0.25, -0.2) is 13.4 Å². The molecule has 1 atom stereocenters. The van der Waals surface area contributed by atoms with E-state index in [1.165, 1.54) is 17.6 Å². The fourth-order valence-electron chi connectivity index (χ4n) is 2.94. The Morgan fingerprint density at radius 3 is 2.65 bits per heavy atom. The van der Waals surface area contributed by atoms with Crippen LogP contribution in [0, 0.1) is 5.92 Å². The Balaban J connectivity index is 1.68. The third kappa shape index (κ3) is 4.03. The Labute approximate surface area is 153 Å². The number of hydrogen-bond donors (Lipinski definition) is 1. The molecule has 1 aromatic carbocycles. The fourth-order valence-corrected chi connectivity index (χ4v) is 4.48. The SMILES string of the molecule is COc1ccc(NC(=O)C2CCCN(S(=O)(=O)c3ccccc3)C2)cn1. The van der Waals surface area contributed by atoms with E-state index in [2.05, 4.69) is 10.3 Å². The van der Waals surface area contributed by atoms with Gasteiger partial charge in [-0.2, -0.15) is 4.31 Å². The van der Waals surface area contributed by atoms with Gasteiger partial charge in [-0.3, -0.25) is 4.79 Å². The summed E-state index contributed by atoms with van der Waals surface area (Å²) in [6, 6.07) is 11.7. The van der Waals surface area contributed by atoms with Crippen molar-refractivity contribution in [3.8, 4) is 5.88 Å². The average molecular weight is 375 g/mol. The van der Waals surface area contributed by atoms with Crippen LogP contribution in [0.5, 0.6) is 5.88 Å². The molecule has 0 aliphatic carbocycles. The molecule has 0 radical (unpaired) electrons. The molecule has 138 valence electrons. The van der Waals surface area contributed by atoms with Crippen LogP contribution in [0.4, 0.5) is 5.69 Å². The molecule has 2 heterocycles. The van der Waals surface area contributed by atoms with Crippen LogP contribution in [0.3, 0.4) is 0 Å². The number of benzene rings is 1. The van der Waals surface area contributed by atoms with E-state index in [-0.39, 0.29) is 17.3 Å². The van der Waals surface area contributed by atoms with Gasteiger partial charge in [0, 0.05) is 19.2 Å². The lowest BCUT2D eigenvalue weighted by molar-refractivity contribution is -0.120. The molecule has 3 rings (SSSR count). The number of carbonyl (C=O) groups excluding carboxylic acids is 1. The minimum atomic E-state index is -3.59. The smallest absolute Gasteiger partial charge is 0.243 e. The van der Waals surface area contributed by atoms with E-state index >= 15 is 0 Å². The molecule has 0 spiro atoms. The van der Waals surface area contributed by atoms with E-state index in [0.29, 0.717) is 31.0 Å². The van der Waals surface area contributed by atoms with Gasteiger partial charge < -0.3 is 10.1 Å². The van der Waals surface area contributed by atoms with Crippen molar-refractivity contribution >= 4 is 21.6 Å². The number of hydrogen-bond acceptors (Lipinski definition) is 5. The number of nitrogens with one attached hydrogen (secondary N) is 1. The summed E-state index contributed by atoms with van der Waals surface area (Å²) in [4.78, 5) is 16.8. The van der Waals surface area contributed by atoms with E-state index in [0.717, 1.165) is 0 Å². The summed E-state index contributed by atoms with van der Waals surface area (Å²) in [6.45, 7) is 0.595. The fraction of sp³-hybridized carbons (Fsp3) is 0.333. The van der Waals surface area contributed by atoms with Gasteiger partial charge in [-0.1, -0.05) is 18.2 Å². The molecule has 26 heavy (non-hydrogen) atoms. The van der Waals surface area contributed by atoms with E-state index in [9.17, 15) is 13.2 Å². The number of pyridine rings is 1. The molecular weight excluding hydrogens is 354 g/mol. The van der Waals surface area contributed by atoms with Gasteiger partial charge in [-0.15, -0.1) is 0 Å². The predicted octanol–water partition coefficient (Wildman–Crippen LogP) is 2.13. The van der Waals surface area contributed by atoms with Crippen LogP contribution in [-0.2, 0) is 14.8 Å². The summed E-state index contributed by atoms with van der Waals surface area (Å²) >= 11 is 0. The highest BCUT2D eigenvalue weighted by atomic mass is 32.2. The number of nitrogens with zero attached hydrogens (tertiary/aromatic N) is 2. The highest BCUT2D eigenvalue weighted by Gasteiger charge is 2.33. The lowest BCUT2D eigenvalue weighted by Crippen LogP contribution is -2.43. The Kier molecular flexibility index (Phi) is 5.53. The second-order valence-corrected chi connectivity index (χ2v) is 8.03. The molecule has 1 saturated heterocycles. The van der Waals surface area contributed by atoms with Crippen LogP contribution in [-0.4, -0.2) is 43.8 Å². The van der Waals surface area contributed by atoms with Crippen molar-refractivity contribution in [2.75, 3.05) is 25.5 Å². The highest BCUT2D eigenvalue weighted by Crippen LogP contribution is 2.24. The molecule has 1 N–H and O–H groups in total. The second-order valence-electron chi connectivity index (χ2n) is 6.09. The Hall–Kier alpha value is -2.45. The third-order valence-corrected chi connectivity index (χ3v) is 6.23. The molecule has 1 amide bonds. The van der Waals surface area contributed by atoms with Crippen molar-refractivity contribution in [1.82, 2.24) is 9.29 Å². The zero-order valence-electron chi connectivity index (χ0n) is 14.5. The molecule has 1 aliphatic heterocycles. The zero-order valence-corrected chi connectivity index (χ0v) is 15.3. The van der Waals surface area contributed by atoms with Crippen LogP contribution in [0.15, 0.2) is 53.6 Å². The molecule has 1 fully saturated rings. The molecule has 7 nitrogen and oxygen atoms in total. The maximum atomic E-state index is 12.8. The minimum absolute atomic E-state index is 0.173. The Morgan fingerprint density at radius 1 is 1.23 bits per heavy atom. The van der Waals surface area contributed by atoms with Gasteiger partial charge in [0.15, 0.2) is 0 Å². The average Bonchev–Trinajstić information content (AvgIpc) is 2.69. The molecule has 8 heteroatoms. The van der Waals surface area contributed by atoms with E-state index in [1.807, 2.05) is 0 Å². The number of sulfonamides is 1. The predicted molar refractivity (Wildman–Crippen MR) is 97.3 cm³/mol. The monoisotopic (exact) mass is 375 g/mol. The number of anilines is 1. The Morgan fingerprint density at radius 2 is 2.00 bits per heavy atom. The first kappa shape index (κ1) is 18.3. The molecule has 2 aromatic rings. The Bertz CT molecular complexity index is 854. The number of rotatable bonds is 5. The van der Waals surface area contributed by atoms with Crippen LogP contribution >= 0.6 is 0 Å². The number of aromatic nitrogens is 1. The second kappa shape index (κ2) is 7.84. The quantitative estimate of drug-likeness (QED) is 0.865. The molecule has 1 aromatic heterocycles. The van der Waals surface area contributed by atoms with Crippen molar-refractivity contribution < 1.29 is 17.9 Å². The lowest BCUT2D eigenvalue weighted by atomic mass is 9.99.